The molecule has 21 heavy (non-hydrogen) atoms. The van der Waals surface area contributed by atoms with Gasteiger partial charge in [-0.3, -0.25) is 9.59 Å². The molecule has 0 spiro atoms. The Balaban J connectivity index is 2.64. The number of methoxy groups -OCH3 is 1. The van der Waals surface area contributed by atoms with Crippen molar-refractivity contribution in [1.82, 2.24) is 5.32 Å². The van der Waals surface area contributed by atoms with E-state index < -0.39 is 29.6 Å². The van der Waals surface area contributed by atoms with Crippen molar-refractivity contribution in [2.75, 3.05) is 7.11 Å². The Morgan fingerprint density at radius 3 is 2.38 bits per heavy atom. The molecule has 2 atom stereocenters. The lowest BCUT2D eigenvalue weighted by atomic mass is 9.76. The SMILES string of the molecule is COC(=O)C1=C(C)NC(=O)C(C(N)=O)C1c1ccccc1. The summed E-state index contributed by atoms with van der Waals surface area (Å²) in [7, 11) is 1.25. The van der Waals surface area contributed by atoms with E-state index in [1.807, 2.05) is 0 Å². The van der Waals surface area contributed by atoms with Crippen molar-refractivity contribution >= 4 is 17.8 Å². The molecule has 3 N–H and O–H groups in total. The molecule has 0 aliphatic carbocycles. The topological polar surface area (TPSA) is 98.5 Å². The van der Waals surface area contributed by atoms with E-state index >= 15 is 0 Å². The second-order valence-electron chi connectivity index (χ2n) is 4.79. The summed E-state index contributed by atoms with van der Waals surface area (Å²) in [5, 5.41) is 2.51. The monoisotopic (exact) mass is 288 g/mol. The fourth-order valence-electron chi connectivity index (χ4n) is 2.58. The summed E-state index contributed by atoms with van der Waals surface area (Å²) in [4.78, 5) is 35.8. The van der Waals surface area contributed by atoms with Gasteiger partial charge < -0.3 is 15.8 Å². The molecule has 6 heteroatoms. The number of allylic oxidation sites excluding steroid dienone is 1. The zero-order valence-electron chi connectivity index (χ0n) is 11.8. The van der Waals surface area contributed by atoms with Crippen LogP contribution in [0.25, 0.3) is 0 Å². The minimum Gasteiger partial charge on any atom is -0.466 e. The third kappa shape index (κ3) is 2.65. The summed E-state index contributed by atoms with van der Waals surface area (Å²) in [6, 6.07) is 8.83. The summed E-state index contributed by atoms with van der Waals surface area (Å²) >= 11 is 0. The largest absolute Gasteiger partial charge is 0.466 e. The number of benzene rings is 1. The van der Waals surface area contributed by atoms with E-state index in [0.717, 1.165) is 0 Å². The molecule has 0 bridgehead atoms. The maximum Gasteiger partial charge on any atom is 0.336 e. The van der Waals surface area contributed by atoms with Gasteiger partial charge in [0.1, 0.15) is 5.92 Å². The molecule has 0 aromatic heterocycles. The molecule has 110 valence electrons. The fraction of sp³-hybridized carbons (Fsp3) is 0.267. The summed E-state index contributed by atoms with van der Waals surface area (Å²) < 4.78 is 4.77. The Bertz CT molecular complexity index is 622. The zero-order valence-corrected chi connectivity index (χ0v) is 11.8. The van der Waals surface area contributed by atoms with Gasteiger partial charge in [0.25, 0.3) is 0 Å². The molecule has 2 amide bonds. The van der Waals surface area contributed by atoms with Gasteiger partial charge in [-0.05, 0) is 12.5 Å². The normalized spacial score (nSPS) is 21.7. The van der Waals surface area contributed by atoms with Gasteiger partial charge in [-0.25, -0.2) is 4.79 Å². The first-order chi connectivity index (χ1) is 9.97. The third-order valence-corrected chi connectivity index (χ3v) is 3.51. The van der Waals surface area contributed by atoms with Crippen LogP contribution in [0.15, 0.2) is 41.6 Å². The van der Waals surface area contributed by atoms with E-state index in [1.54, 1.807) is 37.3 Å². The summed E-state index contributed by atoms with van der Waals surface area (Å²) in [5.74, 6) is -3.78. The summed E-state index contributed by atoms with van der Waals surface area (Å²) in [6.45, 7) is 1.59. The highest BCUT2D eigenvalue weighted by atomic mass is 16.5. The number of carbonyl (C=O) groups excluding carboxylic acids is 3. The second-order valence-corrected chi connectivity index (χ2v) is 4.79. The number of nitrogens with two attached hydrogens (primary N) is 1. The molecule has 0 fully saturated rings. The van der Waals surface area contributed by atoms with Crippen molar-refractivity contribution in [3.05, 3.63) is 47.2 Å². The Morgan fingerprint density at radius 2 is 1.86 bits per heavy atom. The van der Waals surface area contributed by atoms with Crippen LogP contribution in [0.5, 0.6) is 0 Å². The molecule has 2 rings (SSSR count). The lowest BCUT2D eigenvalue weighted by Gasteiger charge is -2.31. The van der Waals surface area contributed by atoms with Crippen LogP contribution in [0.2, 0.25) is 0 Å². The first-order valence-corrected chi connectivity index (χ1v) is 6.41. The number of esters is 1. The highest BCUT2D eigenvalue weighted by molar-refractivity contribution is 6.06. The minimum atomic E-state index is -1.15. The van der Waals surface area contributed by atoms with Crippen molar-refractivity contribution in [3.8, 4) is 0 Å². The minimum absolute atomic E-state index is 0.243. The van der Waals surface area contributed by atoms with Gasteiger partial charge in [0.15, 0.2) is 0 Å². The smallest absolute Gasteiger partial charge is 0.336 e. The average Bonchev–Trinajstić information content (AvgIpc) is 2.46. The van der Waals surface area contributed by atoms with Crippen LogP contribution in [-0.4, -0.2) is 24.9 Å². The summed E-state index contributed by atoms with van der Waals surface area (Å²) in [6.07, 6.45) is 0. The van der Waals surface area contributed by atoms with Crippen LogP contribution >= 0.6 is 0 Å². The lowest BCUT2D eigenvalue weighted by molar-refractivity contribution is -0.138. The molecule has 0 radical (unpaired) electrons. The van der Waals surface area contributed by atoms with E-state index in [2.05, 4.69) is 5.32 Å². The maximum atomic E-state index is 12.1. The average molecular weight is 288 g/mol. The van der Waals surface area contributed by atoms with Crippen LogP contribution in [0.1, 0.15) is 18.4 Å². The van der Waals surface area contributed by atoms with Gasteiger partial charge in [-0.15, -0.1) is 0 Å². The molecule has 1 aliphatic heterocycles. The van der Waals surface area contributed by atoms with Crippen molar-refractivity contribution in [2.24, 2.45) is 11.7 Å². The number of ether oxygens (including phenoxy) is 1. The van der Waals surface area contributed by atoms with Gasteiger partial charge in [0.05, 0.1) is 12.7 Å². The Kier molecular flexibility index (Phi) is 4.07. The van der Waals surface area contributed by atoms with Gasteiger partial charge in [-0.1, -0.05) is 30.3 Å². The van der Waals surface area contributed by atoms with Crippen LogP contribution in [-0.2, 0) is 19.1 Å². The number of hydrogen-bond donors (Lipinski definition) is 2. The molecule has 0 saturated heterocycles. The van der Waals surface area contributed by atoms with Crippen LogP contribution in [0.3, 0.4) is 0 Å². The molecule has 0 saturated carbocycles. The number of carbonyl (C=O) groups is 3. The highest BCUT2D eigenvalue weighted by Crippen LogP contribution is 2.37. The van der Waals surface area contributed by atoms with E-state index in [-0.39, 0.29) is 5.57 Å². The molecule has 1 aromatic carbocycles. The standard InChI is InChI=1S/C15H16N2O4/c1-8-10(15(20)21-2)11(9-6-4-3-5-7-9)12(13(16)18)14(19)17-8/h3-7,11-12H,1-2H3,(H2,16,18)(H,17,19). The molecule has 2 unspecified atom stereocenters. The van der Waals surface area contributed by atoms with Crippen LogP contribution < -0.4 is 11.1 Å². The number of hydrogen-bond acceptors (Lipinski definition) is 4. The summed E-state index contributed by atoms with van der Waals surface area (Å²) in [5.41, 5.74) is 6.64. The molecule has 1 heterocycles. The first kappa shape index (κ1) is 14.8. The quantitative estimate of drug-likeness (QED) is 0.623. The van der Waals surface area contributed by atoms with Gasteiger partial charge >= 0.3 is 5.97 Å². The second kappa shape index (κ2) is 5.78. The first-order valence-electron chi connectivity index (χ1n) is 6.41. The van der Waals surface area contributed by atoms with Crippen molar-refractivity contribution in [2.45, 2.75) is 12.8 Å². The molecule has 1 aliphatic rings. The Hall–Kier alpha value is -2.63. The van der Waals surface area contributed by atoms with E-state index in [9.17, 15) is 14.4 Å². The Labute approximate surface area is 122 Å². The van der Waals surface area contributed by atoms with Gasteiger partial charge in [0.2, 0.25) is 11.8 Å². The molecular formula is C15H16N2O4. The third-order valence-electron chi connectivity index (χ3n) is 3.51. The highest BCUT2D eigenvalue weighted by Gasteiger charge is 2.43. The van der Waals surface area contributed by atoms with E-state index in [1.165, 1.54) is 7.11 Å². The molecule has 6 nitrogen and oxygen atoms in total. The van der Waals surface area contributed by atoms with Gasteiger partial charge in [-0.2, -0.15) is 0 Å². The molecular weight excluding hydrogens is 272 g/mol. The number of nitrogens with one attached hydrogen (secondary N) is 1. The van der Waals surface area contributed by atoms with Crippen LogP contribution in [0.4, 0.5) is 0 Å². The maximum absolute atomic E-state index is 12.1. The van der Waals surface area contributed by atoms with Gasteiger partial charge in [0, 0.05) is 11.6 Å². The predicted molar refractivity (Wildman–Crippen MR) is 74.7 cm³/mol. The fourth-order valence-corrected chi connectivity index (χ4v) is 2.58. The molecule has 1 aromatic rings. The van der Waals surface area contributed by atoms with Crippen molar-refractivity contribution in [1.29, 1.82) is 0 Å². The van der Waals surface area contributed by atoms with Crippen molar-refractivity contribution in [3.63, 3.8) is 0 Å². The number of primary amides is 1. The van der Waals surface area contributed by atoms with Crippen molar-refractivity contribution < 1.29 is 19.1 Å². The number of rotatable bonds is 3. The lowest BCUT2D eigenvalue weighted by Crippen LogP contribution is -2.47. The zero-order chi connectivity index (χ0) is 15.6. The van der Waals surface area contributed by atoms with E-state index in [4.69, 9.17) is 10.5 Å². The van der Waals surface area contributed by atoms with Crippen LogP contribution in [0, 0.1) is 5.92 Å². The Morgan fingerprint density at radius 1 is 1.24 bits per heavy atom. The van der Waals surface area contributed by atoms with E-state index in [0.29, 0.717) is 11.3 Å². The predicted octanol–water partition coefficient (Wildman–Crippen LogP) is 0.448. The number of amides is 2.